The Bertz CT molecular complexity index is 2280. The van der Waals surface area contributed by atoms with Crippen molar-refractivity contribution in [2.24, 2.45) is 23.7 Å². The highest BCUT2D eigenvalue weighted by atomic mass is 16.6. The highest BCUT2D eigenvalue weighted by Crippen LogP contribution is 2.54. The number of benzene rings is 4. The summed E-state index contributed by atoms with van der Waals surface area (Å²) in [5.74, 6) is -0.377. The molecule has 4 atom stereocenters. The van der Waals surface area contributed by atoms with Gasteiger partial charge in [0.15, 0.2) is 26.4 Å². The van der Waals surface area contributed by atoms with Crippen LogP contribution in [0.5, 0.6) is 46.0 Å². The molecule has 0 saturated carbocycles. The second-order valence-electron chi connectivity index (χ2n) is 20.7. The molecule has 5 rings (SSSR count). The van der Waals surface area contributed by atoms with E-state index in [1.54, 1.807) is 28.4 Å². The molecule has 4 aromatic carbocycles. The lowest BCUT2D eigenvalue weighted by Gasteiger charge is -2.33. The van der Waals surface area contributed by atoms with Gasteiger partial charge >= 0.3 is 23.9 Å². The molecule has 1 aliphatic carbocycles. The molecule has 4 unspecified atom stereocenters. The van der Waals surface area contributed by atoms with E-state index in [2.05, 4.69) is 79.7 Å². The number of carbonyl (C=O) groups excluding carboxylic acids is 4. The number of hydrogen-bond acceptors (Lipinski definition) is 16. The highest BCUT2D eigenvalue weighted by Gasteiger charge is 2.36. The number of esters is 4. The second-order valence-corrected chi connectivity index (χ2v) is 20.7. The lowest BCUT2D eigenvalue weighted by molar-refractivity contribution is -0.143. The summed E-state index contributed by atoms with van der Waals surface area (Å²) in [6, 6.07) is 15.6. The lowest BCUT2D eigenvalue weighted by Crippen LogP contribution is -2.20. The van der Waals surface area contributed by atoms with E-state index < -0.39 is 47.5 Å². The minimum absolute atomic E-state index is 0.0940. The first-order valence-electron chi connectivity index (χ1n) is 25.9. The zero-order chi connectivity index (χ0) is 56.0. The Kier molecular flexibility index (Phi) is 22.0. The quantitative estimate of drug-likeness (QED) is 0.0477. The van der Waals surface area contributed by atoms with Gasteiger partial charge in [0.2, 0.25) is 0 Å². The van der Waals surface area contributed by atoms with Gasteiger partial charge in [0, 0.05) is 92.4 Å². The average Bonchev–Trinajstić information content (AvgIpc) is 3.40. The largest absolute Gasteiger partial charge is 0.496 e. The number of ether oxygens (including phenoxy) is 12. The van der Waals surface area contributed by atoms with Crippen molar-refractivity contribution in [2.45, 2.75) is 105 Å². The van der Waals surface area contributed by atoms with Crippen molar-refractivity contribution >= 4 is 23.9 Å². The van der Waals surface area contributed by atoms with Crippen LogP contribution in [-0.2, 0) is 38.1 Å². The third kappa shape index (κ3) is 14.8. The van der Waals surface area contributed by atoms with Crippen LogP contribution in [0.4, 0.5) is 0 Å². The molecule has 0 amide bonds. The van der Waals surface area contributed by atoms with Crippen molar-refractivity contribution in [1.29, 1.82) is 0 Å². The summed E-state index contributed by atoms with van der Waals surface area (Å²) < 4.78 is 71.6. The average molecular weight is 1060 g/mol. The molecule has 16 heteroatoms. The van der Waals surface area contributed by atoms with Crippen LogP contribution in [0.3, 0.4) is 0 Å². The number of rotatable bonds is 24. The van der Waals surface area contributed by atoms with Crippen molar-refractivity contribution < 1.29 is 76.0 Å². The maximum atomic E-state index is 12.9. The van der Waals surface area contributed by atoms with E-state index in [1.165, 1.54) is 28.4 Å². The molecule has 1 aliphatic rings. The van der Waals surface area contributed by atoms with Gasteiger partial charge in [0.25, 0.3) is 0 Å². The first-order valence-corrected chi connectivity index (χ1v) is 25.9. The second kappa shape index (κ2) is 27.8. The van der Waals surface area contributed by atoms with E-state index in [9.17, 15) is 19.2 Å². The Morgan fingerprint density at radius 3 is 0.618 bits per heavy atom. The molecule has 0 aliphatic heterocycles. The van der Waals surface area contributed by atoms with E-state index in [0.717, 1.165) is 44.5 Å². The Hall–Kier alpha value is -6.84. The summed E-state index contributed by atoms with van der Waals surface area (Å²) in [6.07, 6.45) is 2.27. The molecule has 0 saturated heterocycles. The van der Waals surface area contributed by atoms with Crippen LogP contribution < -0.4 is 37.9 Å². The van der Waals surface area contributed by atoms with Crippen LogP contribution >= 0.6 is 0 Å². The Labute approximate surface area is 449 Å². The Morgan fingerprint density at radius 2 is 0.474 bits per heavy atom. The summed E-state index contributed by atoms with van der Waals surface area (Å²) >= 11 is 0. The Balaban J connectivity index is 2.17. The summed E-state index contributed by atoms with van der Waals surface area (Å²) in [5, 5.41) is 0. The summed E-state index contributed by atoms with van der Waals surface area (Å²) in [4.78, 5) is 51.7. The molecule has 0 fully saturated rings. The summed E-state index contributed by atoms with van der Waals surface area (Å²) in [6.45, 7) is 15.5. The van der Waals surface area contributed by atoms with E-state index in [1.807, 2.05) is 24.3 Å². The molecular formula is C60H80O16. The van der Waals surface area contributed by atoms with Gasteiger partial charge < -0.3 is 56.8 Å². The third-order valence-electron chi connectivity index (χ3n) is 13.6. The topological polar surface area (TPSA) is 179 Å². The molecule has 8 bridgehead atoms. The maximum absolute atomic E-state index is 12.9. The standard InChI is InChI=1S/C60H80O16/c1-33(2)17-37-41-21-46(54(25-49(41)65-9)74-30-58(62)70-14)39(19-35(5)6)43-23-48(56(27-51(43)67-11)76-32-60(64)72-16)40(20-36(7)8)44-24-47(55(28-52(44)68-12)75-31-59(63)71-15)38(18-34(3)4)42-22-45(37)53(26-50(42)66-10)73-29-57(61)69-13/h21-28,33-40H,17-20,29-32H2,1-16H3. The van der Waals surface area contributed by atoms with Gasteiger partial charge in [0.1, 0.15) is 46.0 Å². The fourth-order valence-electron chi connectivity index (χ4n) is 10.1. The van der Waals surface area contributed by atoms with Crippen molar-refractivity contribution in [3.8, 4) is 46.0 Å². The molecule has 16 nitrogen and oxygen atoms in total. The monoisotopic (exact) mass is 1060 g/mol. The number of fused-ring (bicyclic) bond motifs is 8. The first-order chi connectivity index (χ1) is 36.2. The molecule has 4 aromatic rings. The fourth-order valence-corrected chi connectivity index (χ4v) is 10.1. The molecule has 0 heterocycles. The molecule has 0 radical (unpaired) electrons. The SMILES string of the molecule is COC(=O)COc1cc(OC)c2cc1C(CC(C)C)c1cc(c(OCC(=O)OC)cc1OC)C(CC(C)C)c1cc(c(OCC(=O)OC)cc1OC)C(CC(C)C)c1cc(c(OCC(=O)OC)cc1OC)C2CC(C)C. The van der Waals surface area contributed by atoms with Crippen molar-refractivity contribution in [1.82, 2.24) is 0 Å². The van der Waals surface area contributed by atoms with Crippen molar-refractivity contribution in [3.05, 3.63) is 93.0 Å². The lowest BCUT2D eigenvalue weighted by atomic mass is 9.75. The molecule has 0 N–H and O–H groups in total. The van der Waals surface area contributed by atoms with E-state index in [-0.39, 0.29) is 50.1 Å². The molecule has 0 spiro atoms. The first kappa shape index (κ1) is 60.0. The van der Waals surface area contributed by atoms with Crippen LogP contribution in [0.2, 0.25) is 0 Å². The van der Waals surface area contributed by atoms with Gasteiger partial charge in [-0.2, -0.15) is 0 Å². The van der Waals surface area contributed by atoms with Gasteiger partial charge in [-0.15, -0.1) is 0 Å². The van der Waals surface area contributed by atoms with Gasteiger partial charge in [-0.25, -0.2) is 19.2 Å². The fraction of sp³-hybridized carbons (Fsp3) is 0.533. The summed E-state index contributed by atoms with van der Waals surface area (Å²) in [5.41, 5.74) is 6.05. The zero-order valence-electron chi connectivity index (χ0n) is 47.4. The van der Waals surface area contributed by atoms with Crippen LogP contribution in [0, 0.1) is 23.7 Å². The highest BCUT2D eigenvalue weighted by molar-refractivity contribution is 5.73. The smallest absolute Gasteiger partial charge is 0.343 e. The van der Waals surface area contributed by atoms with E-state index in [4.69, 9.17) is 56.8 Å². The van der Waals surface area contributed by atoms with Gasteiger partial charge in [0.05, 0.1) is 56.9 Å². The number of hydrogen-bond donors (Lipinski definition) is 0. The predicted molar refractivity (Wildman–Crippen MR) is 287 cm³/mol. The van der Waals surface area contributed by atoms with Crippen LogP contribution in [-0.4, -0.2) is 107 Å². The minimum Gasteiger partial charge on any atom is -0.496 e. The van der Waals surface area contributed by atoms with E-state index in [0.29, 0.717) is 71.7 Å². The minimum atomic E-state index is -0.575. The predicted octanol–water partition coefficient (Wildman–Crippen LogP) is 11.0. The van der Waals surface area contributed by atoms with Gasteiger partial charge in [-0.3, -0.25) is 0 Å². The molecular weight excluding hydrogens is 977 g/mol. The normalized spacial score (nSPS) is 15.9. The zero-order valence-corrected chi connectivity index (χ0v) is 47.4. The van der Waals surface area contributed by atoms with Crippen LogP contribution in [0.25, 0.3) is 0 Å². The summed E-state index contributed by atoms with van der Waals surface area (Å²) in [7, 11) is 11.6. The van der Waals surface area contributed by atoms with Crippen molar-refractivity contribution in [3.63, 3.8) is 0 Å². The van der Waals surface area contributed by atoms with Crippen LogP contribution in [0.15, 0.2) is 48.5 Å². The molecule has 416 valence electrons. The number of methoxy groups -OCH3 is 8. The maximum Gasteiger partial charge on any atom is 0.343 e. The van der Waals surface area contributed by atoms with Gasteiger partial charge in [-0.1, -0.05) is 55.4 Å². The van der Waals surface area contributed by atoms with E-state index >= 15 is 0 Å². The number of carbonyl (C=O) groups is 4. The molecule has 76 heavy (non-hydrogen) atoms. The Morgan fingerprint density at radius 1 is 0.303 bits per heavy atom. The third-order valence-corrected chi connectivity index (χ3v) is 13.6. The van der Waals surface area contributed by atoms with Crippen molar-refractivity contribution in [2.75, 3.05) is 83.3 Å². The van der Waals surface area contributed by atoms with Gasteiger partial charge in [-0.05, 0) is 73.6 Å². The van der Waals surface area contributed by atoms with Crippen LogP contribution in [0.1, 0.15) is 149 Å². The molecule has 0 aromatic heterocycles.